The molecule has 0 bridgehead atoms. The number of hydrogen-bond donors (Lipinski definition) is 0. The van der Waals surface area contributed by atoms with Crippen molar-refractivity contribution in [1.82, 2.24) is 0 Å². The van der Waals surface area contributed by atoms with Gasteiger partial charge in [0.2, 0.25) is 0 Å². The van der Waals surface area contributed by atoms with Crippen molar-refractivity contribution in [2.45, 2.75) is 13.0 Å². The van der Waals surface area contributed by atoms with E-state index in [9.17, 15) is 22.0 Å². The van der Waals surface area contributed by atoms with Crippen LogP contribution in [0, 0.1) is 11.3 Å². The number of halogens is 5. The maximum Gasteiger partial charge on any atom is 0.573 e. The van der Waals surface area contributed by atoms with Crippen molar-refractivity contribution >= 4 is 0 Å². The summed E-state index contributed by atoms with van der Waals surface area (Å²) < 4.78 is 68.9. The van der Waals surface area contributed by atoms with Gasteiger partial charge in [-0.25, -0.2) is 0 Å². The molecule has 0 atom stereocenters. The summed E-state index contributed by atoms with van der Waals surface area (Å²) in [6.45, 7) is -3.10. The lowest BCUT2D eigenvalue weighted by Crippen LogP contribution is -2.16. The van der Waals surface area contributed by atoms with Gasteiger partial charge >= 0.3 is 13.0 Å². The molecule has 0 heterocycles. The fourth-order valence-corrected chi connectivity index (χ4v) is 1.84. The van der Waals surface area contributed by atoms with Gasteiger partial charge in [-0.2, -0.15) is 14.0 Å². The highest BCUT2D eigenvalue weighted by Crippen LogP contribution is 2.30. The maximum atomic E-state index is 12.3. The normalized spacial score (nSPS) is 11.2. The van der Waals surface area contributed by atoms with Crippen LogP contribution in [0.3, 0.4) is 0 Å². The highest BCUT2D eigenvalue weighted by molar-refractivity contribution is 5.67. The van der Waals surface area contributed by atoms with Crippen LogP contribution in [0.1, 0.15) is 5.56 Å². The Morgan fingerprint density at radius 2 is 1.57 bits per heavy atom. The average molecular weight is 329 g/mol. The predicted molar refractivity (Wildman–Crippen MR) is 69.9 cm³/mol. The summed E-state index contributed by atoms with van der Waals surface area (Å²) in [5, 5.41) is 8.84. The third-order valence-corrected chi connectivity index (χ3v) is 2.74. The Morgan fingerprint density at radius 1 is 0.957 bits per heavy atom. The number of hydrogen-bond acceptors (Lipinski definition) is 3. The molecule has 0 saturated carbocycles. The van der Waals surface area contributed by atoms with Gasteiger partial charge in [-0.15, -0.1) is 13.2 Å². The molecule has 0 amide bonds. The van der Waals surface area contributed by atoms with Crippen molar-refractivity contribution < 1.29 is 31.4 Å². The van der Waals surface area contributed by atoms with E-state index in [2.05, 4.69) is 9.47 Å². The van der Waals surface area contributed by atoms with Gasteiger partial charge in [-0.3, -0.25) is 0 Å². The third-order valence-electron chi connectivity index (χ3n) is 2.74. The molecule has 2 aromatic carbocycles. The molecule has 23 heavy (non-hydrogen) atoms. The van der Waals surface area contributed by atoms with Crippen LogP contribution in [0.5, 0.6) is 11.5 Å². The smallest absolute Gasteiger partial charge is 0.433 e. The number of alkyl halides is 5. The largest absolute Gasteiger partial charge is 0.573 e. The van der Waals surface area contributed by atoms with Gasteiger partial charge in [-0.05, 0) is 35.4 Å². The molecule has 120 valence electrons. The van der Waals surface area contributed by atoms with Crippen molar-refractivity contribution in [2.24, 2.45) is 0 Å². The minimum absolute atomic E-state index is 0.0777. The van der Waals surface area contributed by atoms with Crippen molar-refractivity contribution in [3.05, 3.63) is 48.0 Å². The Morgan fingerprint density at radius 3 is 2.09 bits per heavy atom. The Labute approximate surface area is 127 Å². The lowest BCUT2D eigenvalue weighted by Gasteiger charge is -2.11. The fraction of sp³-hybridized carbons (Fsp3) is 0.133. The summed E-state index contributed by atoms with van der Waals surface area (Å²) in [5.41, 5.74) is 0.771. The van der Waals surface area contributed by atoms with Gasteiger partial charge in [0.15, 0.2) is 0 Å². The molecule has 2 aromatic rings. The molecule has 0 aliphatic rings. The fourth-order valence-electron chi connectivity index (χ4n) is 1.84. The van der Waals surface area contributed by atoms with Crippen molar-refractivity contribution in [3.63, 3.8) is 0 Å². The number of rotatable bonds is 4. The van der Waals surface area contributed by atoms with Crippen LogP contribution in [-0.2, 0) is 0 Å². The molecule has 0 N–H and O–H groups in total. The topological polar surface area (TPSA) is 42.2 Å². The summed E-state index contributed by atoms with van der Waals surface area (Å²) >= 11 is 0. The molecule has 0 aliphatic carbocycles. The SMILES string of the molecule is N#Cc1ccc(-c2ccc(OC(F)(F)F)cc2)cc1OC(F)F. The second-order valence-corrected chi connectivity index (χ2v) is 4.27. The van der Waals surface area contributed by atoms with Crippen molar-refractivity contribution in [3.8, 4) is 28.7 Å². The van der Waals surface area contributed by atoms with Crippen molar-refractivity contribution in [1.29, 1.82) is 5.26 Å². The zero-order valence-corrected chi connectivity index (χ0v) is 11.3. The molecule has 0 aliphatic heterocycles. The van der Waals surface area contributed by atoms with Crippen LogP contribution in [0.2, 0.25) is 0 Å². The molecule has 0 radical (unpaired) electrons. The monoisotopic (exact) mass is 329 g/mol. The van der Waals surface area contributed by atoms with Crippen LogP contribution >= 0.6 is 0 Å². The minimum atomic E-state index is -4.80. The second kappa shape index (κ2) is 6.52. The molecular weight excluding hydrogens is 321 g/mol. The van der Waals surface area contributed by atoms with E-state index in [0.717, 1.165) is 12.1 Å². The molecule has 0 unspecified atom stereocenters. The molecule has 3 nitrogen and oxygen atoms in total. The van der Waals surface area contributed by atoms with E-state index < -0.39 is 18.7 Å². The standard InChI is InChI=1S/C15H8F5NO2/c16-14(17)22-13-7-10(1-2-11(13)8-21)9-3-5-12(6-4-9)23-15(18,19)20/h1-7,14H. The first-order valence-corrected chi connectivity index (χ1v) is 6.13. The van der Waals surface area contributed by atoms with Crippen molar-refractivity contribution in [2.75, 3.05) is 0 Å². The first-order valence-electron chi connectivity index (χ1n) is 6.13. The van der Waals surface area contributed by atoms with Gasteiger partial charge in [0.25, 0.3) is 0 Å². The molecule has 2 rings (SSSR count). The summed E-state index contributed by atoms with van der Waals surface area (Å²) in [6.07, 6.45) is -4.80. The third kappa shape index (κ3) is 4.57. The van der Waals surface area contributed by atoms with Gasteiger partial charge in [0.05, 0.1) is 5.56 Å². The van der Waals surface area contributed by atoms with Gasteiger partial charge in [-0.1, -0.05) is 18.2 Å². The molecule has 0 spiro atoms. The summed E-state index contributed by atoms with van der Waals surface area (Å²) in [6, 6.07) is 10.5. The van der Waals surface area contributed by atoms with E-state index in [1.165, 1.54) is 30.3 Å². The summed E-state index contributed by atoms with van der Waals surface area (Å²) in [7, 11) is 0. The van der Waals surface area contributed by atoms with Crippen LogP contribution < -0.4 is 9.47 Å². The first kappa shape index (κ1) is 16.5. The van der Waals surface area contributed by atoms with E-state index in [4.69, 9.17) is 5.26 Å². The summed E-state index contributed by atoms with van der Waals surface area (Å²) in [4.78, 5) is 0. The Kier molecular flexibility index (Phi) is 4.69. The lowest BCUT2D eigenvalue weighted by molar-refractivity contribution is -0.274. The number of nitrogens with zero attached hydrogens (tertiary/aromatic N) is 1. The van der Waals surface area contributed by atoms with Gasteiger partial charge < -0.3 is 9.47 Å². The minimum Gasteiger partial charge on any atom is -0.433 e. The first-order chi connectivity index (χ1) is 10.8. The van der Waals surface area contributed by atoms with E-state index >= 15 is 0 Å². The number of nitriles is 1. The Bertz CT molecular complexity index is 720. The molecule has 0 fully saturated rings. The summed E-state index contributed by atoms with van der Waals surface area (Å²) in [5.74, 6) is -0.713. The zero-order valence-electron chi connectivity index (χ0n) is 11.3. The molecular formula is C15H8F5NO2. The van der Waals surface area contributed by atoms with E-state index in [0.29, 0.717) is 11.1 Å². The highest BCUT2D eigenvalue weighted by Gasteiger charge is 2.30. The van der Waals surface area contributed by atoms with Crippen LogP contribution in [0.4, 0.5) is 22.0 Å². The van der Waals surface area contributed by atoms with Crippen LogP contribution in [-0.4, -0.2) is 13.0 Å². The second-order valence-electron chi connectivity index (χ2n) is 4.27. The number of benzene rings is 2. The van der Waals surface area contributed by atoms with Crippen LogP contribution in [0.15, 0.2) is 42.5 Å². The predicted octanol–water partition coefficient (Wildman–Crippen LogP) is 4.73. The quantitative estimate of drug-likeness (QED) is 0.762. The van der Waals surface area contributed by atoms with E-state index in [1.807, 2.05) is 0 Å². The lowest BCUT2D eigenvalue weighted by atomic mass is 10.0. The molecule has 0 aromatic heterocycles. The Balaban J connectivity index is 2.30. The van der Waals surface area contributed by atoms with Crippen LogP contribution in [0.25, 0.3) is 11.1 Å². The zero-order chi connectivity index (χ0) is 17.0. The van der Waals surface area contributed by atoms with Gasteiger partial charge in [0.1, 0.15) is 17.6 Å². The average Bonchev–Trinajstić information content (AvgIpc) is 2.45. The van der Waals surface area contributed by atoms with E-state index in [-0.39, 0.29) is 11.3 Å². The van der Waals surface area contributed by atoms with Gasteiger partial charge in [0, 0.05) is 0 Å². The Hall–Kier alpha value is -2.82. The molecule has 0 saturated heterocycles. The van der Waals surface area contributed by atoms with E-state index in [1.54, 1.807) is 6.07 Å². The molecule has 8 heteroatoms. The maximum absolute atomic E-state index is 12.3. The number of ether oxygens (including phenoxy) is 2. The highest BCUT2D eigenvalue weighted by atomic mass is 19.4.